The third-order valence-corrected chi connectivity index (χ3v) is 6.59. The van der Waals surface area contributed by atoms with Crippen LogP contribution in [0.25, 0.3) is 0 Å². The molecule has 0 aromatic heterocycles. The smallest absolute Gasteiger partial charge is 0.0786 e. The Labute approximate surface area is 251 Å². The van der Waals surface area contributed by atoms with Crippen molar-refractivity contribution >= 4 is 24.9 Å². The molecule has 0 aliphatic carbocycles. The molecule has 236 valence electrons. The molecule has 0 spiro atoms. The zero-order valence-electron chi connectivity index (χ0n) is 25.8. The Bertz CT molecular complexity index is 876. The molecule has 0 saturated carbocycles. The predicted octanol–water partition coefficient (Wildman–Crippen LogP) is 4.61. The third kappa shape index (κ3) is 19.3. The van der Waals surface area contributed by atoms with Gasteiger partial charge in [0.25, 0.3) is 0 Å². The van der Waals surface area contributed by atoms with Gasteiger partial charge in [0.2, 0.25) is 0 Å². The molecule has 0 saturated heterocycles. The Morgan fingerprint density at radius 1 is 0.500 bits per heavy atom. The van der Waals surface area contributed by atoms with E-state index in [1.54, 1.807) is 48.5 Å². The Kier molecular flexibility index (Phi) is 26.3. The molecule has 9 nitrogen and oxygen atoms in total. The number of quaternary nitrogens is 1. The van der Waals surface area contributed by atoms with Crippen molar-refractivity contribution in [2.45, 2.75) is 79.1 Å². The highest BCUT2D eigenvalue weighted by atomic mass is 19.0. The van der Waals surface area contributed by atoms with Crippen LogP contribution in [-0.4, -0.2) is 76.3 Å². The molecule has 0 heterocycles. The summed E-state index contributed by atoms with van der Waals surface area (Å²) in [7, 11) is 0. The number of benzene rings is 2. The Morgan fingerprint density at radius 2 is 0.738 bits per heavy atom. The third-order valence-electron chi connectivity index (χ3n) is 6.59. The number of hydrogen-bond acceptors (Lipinski definition) is 8. The van der Waals surface area contributed by atoms with Crippen LogP contribution in [-0.2, 0) is 0 Å². The van der Waals surface area contributed by atoms with Gasteiger partial charge in [-0.3, -0.25) is 0 Å². The second-order valence-electron chi connectivity index (χ2n) is 9.97. The average molecular weight is 590 g/mol. The number of unbranched alkanes of at least 4 members (excludes halogenated alkanes) is 4. The van der Waals surface area contributed by atoms with Crippen molar-refractivity contribution in [3.05, 3.63) is 70.8 Å². The fourth-order valence-corrected chi connectivity index (χ4v) is 4.35. The molecule has 0 unspecified atom stereocenters. The minimum atomic E-state index is 0. The molecule has 10 heteroatoms. The molecule has 2 rings (SSSR count). The SMILES string of the molecule is CCCC[N+](CCCC)(CCCC)CCCC.O/N=C/c1cccc(/C=N/O)c1.O/N=C/c1cccc(/C=N/O)c1.[F-]. The quantitative estimate of drug-likeness (QED) is 0.0986. The monoisotopic (exact) mass is 589 g/mol. The molecule has 0 fully saturated rings. The van der Waals surface area contributed by atoms with Crippen molar-refractivity contribution in [3.63, 3.8) is 0 Å². The number of rotatable bonds is 16. The number of nitrogens with zero attached hydrogens (tertiary/aromatic N) is 5. The van der Waals surface area contributed by atoms with Crippen LogP contribution in [0.1, 0.15) is 101 Å². The first-order chi connectivity index (χ1) is 20.0. The van der Waals surface area contributed by atoms with Crippen LogP contribution in [0.4, 0.5) is 0 Å². The van der Waals surface area contributed by atoms with Crippen LogP contribution in [0.15, 0.2) is 69.2 Å². The van der Waals surface area contributed by atoms with Gasteiger partial charge in [-0.2, -0.15) is 0 Å². The highest BCUT2D eigenvalue weighted by Gasteiger charge is 2.24. The van der Waals surface area contributed by atoms with Gasteiger partial charge in [-0.05, 0) is 60.1 Å². The van der Waals surface area contributed by atoms with Gasteiger partial charge in [-0.25, -0.2) is 0 Å². The minimum absolute atomic E-state index is 0. The molecular weight excluding hydrogens is 537 g/mol. The van der Waals surface area contributed by atoms with E-state index in [9.17, 15) is 0 Å². The standard InChI is InChI=1S/C16H36N.2C8H8N2O2.FH/c1-5-9-13-17(14-10-6-2,15-11-7-3)16-12-8-4;2*11-9-5-7-2-1-3-8(4-7)6-10-12;/h5-16H2,1-4H3;2*1-6,11-12H;1H/q+1;;;/p-1/b;2*9-5+,10-6+;. The van der Waals surface area contributed by atoms with Crippen molar-refractivity contribution in [2.24, 2.45) is 20.6 Å². The van der Waals surface area contributed by atoms with Gasteiger partial charge < -0.3 is 30.0 Å². The van der Waals surface area contributed by atoms with E-state index in [-0.39, 0.29) is 4.70 Å². The van der Waals surface area contributed by atoms with Crippen LogP contribution in [0.5, 0.6) is 0 Å². The molecular formula is C32H52FN5O4. The van der Waals surface area contributed by atoms with Gasteiger partial charge >= 0.3 is 0 Å². The molecule has 2 aromatic carbocycles. The van der Waals surface area contributed by atoms with Gasteiger partial charge in [-0.15, -0.1) is 0 Å². The normalized spacial score (nSPS) is 11.3. The van der Waals surface area contributed by atoms with Crippen molar-refractivity contribution < 1.29 is 30.0 Å². The fourth-order valence-electron chi connectivity index (χ4n) is 4.35. The van der Waals surface area contributed by atoms with E-state index in [0.29, 0.717) is 0 Å². The van der Waals surface area contributed by atoms with E-state index >= 15 is 0 Å². The summed E-state index contributed by atoms with van der Waals surface area (Å²) in [6.07, 6.45) is 16.3. The van der Waals surface area contributed by atoms with Crippen molar-refractivity contribution in [3.8, 4) is 0 Å². The van der Waals surface area contributed by atoms with Gasteiger partial charge in [0, 0.05) is 0 Å². The molecule has 0 aliphatic rings. The van der Waals surface area contributed by atoms with E-state index in [1.807, 2.05) is 0 Å². The number of halogens is 1. The van der Waals surface area contributed by atoms with Gasteiger partial charge in [0.05, 0.1) is 51.0 Å². The van der Waals surface area contributed by atoms with Crippen molar-refractivity contribution in [1.29, 1.82) is 0 Å². The molecule has 0 aliphatic heterocycles. The zero-order chi connectivity index (χ0) is 30.6. The first kappa shape index (κ1) is 40.3. The summed E-state index contributed by atoms with van der Waals surface area (Å²) < 4.78 is 1.42. The minimum Gasteiger partial charge on any atom is -1.00 e. The second kappa shape index (κ2) is 27.4. The summed E-state index contributed by atoms with van der Waals surface area (Å²) in [5, 5.41) is 44.4. The molecule has 4 N–H and O–H groups in total. The zero-order valence-corrected chi connectivity index (χ0v) is 25.8. The van der Waals surface area contributed by atoms with Gasteiger partial charge in [0.15, 0.2) is 0 Å². The van der Waals surface area contributed by atoms with Crippen LogP contribution in [0.2, 0.25) is 0 Å². The summed E-state index contributed by atoms with van der Waals surface area (Å²) >= 11 is 0. The highest BCUT2D eigenvalue weighted by Crippen LogP contribution is 2.16. The molecule has 0 amide bonds. The largest absolute Gasteiger partial charge is 1.00 e. The number of hydrogen-bond donors (Lipinski definition) is 4. The average Bonchev–Trinajstić information content (AvgIpc) is 2.98. The lowest BCUT2D eigenvalue weighted by molar-refractivity contribution is -0.929. The number of oxime groups is 4. The Hall–Kier alpha value is -3.79. The predicted molar refractivity (Wildman–Crippen MR) is 170 cm³/mol. The van der Waals surface area contributed by atoms with Crippen LogP contribution < -0.4 is 4.70 Å². The summed E-state index contributed by atoms with van der Waals surface area (Å²) in [4.78, 5) is 0. The maximum Gasteiger partial charge on any atom is 0.0786 e. The lowest BCUT2D eigenvalue weighted by atomic mass is 10.1. The summed E-state index contributed by atoms with van der Waals surface area (Å²) in [6.45, 7) is 15.0. The van der Waals surface area contributed by atoms with E-state index in [4.69, 9.17) is 20.8 Å². The lowest BCUT2D eigenvalue weighted by Gasteiger charge is -2.39. The van der Waals surface area contributed by atoms with E-state index in [1.165, 1.54) is 107 Å². The van der Waals surface area contributed by atoms with Gasteiger partial charge in [0.1, 0.15) is 0 Å². The molecule has 0 radical (unpaired) electrons. The highest BCUT2D eigenvalue weighted by molar-refractivity contribution is 5.86. The summed E-state index contributed by atoms with van der Waals surface area (Å²) in [6, 6.07) is 14.1. The first-order valence-electron chi connectivity index (χ1n) is 14.7. The molecule has 0 atom stereocenters. The maximum absolute atomic E-state index is 8.23. The van der Waals surface area contributed by atoms with Crippen LogP contribution >= 0.6 is 0 Å². The topological polar surface area (TPSA) is 130 Å². The lowest BCUT2D eigenvalue weighted by Crippen LogP contribution is -3.00. The maximum atomic E-state index is 8.23. The summed E-state index contributed by atoms with van der Waals surface area (Å²) in [5.74, 6) is 0. The van der Waals surface area contributed by atoms with Crippen molar-refractivity contribution in [2.75, 3.05) is 26.2 Å². The van der Waals surface area contributed by atoms with E-state index in [0.717, 1.165) is 22.3 Å². The Balaban J connectivity index is 0. The second-order valence-corrected chi connectivity index (χ2v) is 9.97. The Morgan fingerprint density at radius 3 is 0.929 bits per heavy atom. The van der Waals surface area contributed by atoms with Crippen LogP contribution in [0, 0.1) is 0 Å². The van der Waals surface area contributed by atoms with E-state index < -0.39 is 0 Å². The molecule has 42 heavy (non-hydrogen) atoms. The van der Waals surface area contributed by atoms with E-state index in [2.05, 4.69) is 48.3 Å². The fraction of sp³-hybridized carbons (Fsp3) is 0.500. The molecule has 0 bridgehead atoms. The van der Waals surface area contributed by atoms with Gasteiger partial charge in [-0.1, -0.05) is 110 Å². The van der Waals surface area contributed by atoms with Crippen molar-refractivity contribution in [1.82, 2.24) is 0 Å². The first-order valence-corrected chi connectivity index (χ1v) is 14.7. The molecule has 2 aromatic rings. The van der Waals surface area contributed by atoms with Crippen LogP contribution in [0.3, 0.4) is 0 Å². The summed E-state index contributed by atoms with van der Waals surface area (Å²) in [5.41, 5.74) is 2.98.